The standard InChI is InChI=1S/C18H16ClF2N3O2S/c1-23-10-9-22-18(23)17(12-3-5-13(19)6-4-12)24(2)27(25,26)16-8-7-14(20)11-15(16)21/h3-11,17H,1-2H3. The smallest absolute Gasteiger partial charge is 0.246 e. The Kier molecular flexibility index (Phi) is 5.32. The monoisotopic (exact) mass is 411 g/mol. The number of rotatable bonds is 5. The van der Waals surface area contributed by atoms with E-state index in [-0.39, 0.29) is 0 Å². The maximum atomic E-state index is 14.2. The molecular weight excluding hydrogens is 396 g/mol. The number of aromatic nitrogens is 2. The predicted molar refractivity (Wildman–Crippen MR) is 97.8 cm³/mol. The van der Waals surface area contributed by atoms with Crippen molar-refractivity contribution >= 4 is 21.6 Å². The fraction of sp³-hybridized carbons (Fsp3) is 0.167. The van der Waals surface area contributed by atoms with Crippen molar-refractivity contribution in [3.05, 3.63) is 82.9 Å². The Morgan fingerprint density at radius 2 is 1.81 bits per heavy atom. The van der Waals surface area contributed by atoms with Crippen LogP contribution in [0.3, 0.4) is 0 Å². The van der Waals surface area contributed by atoms with Crippen LogP contribution in [-0.4, -0.2) is 29.3 Å². The molecule has 0 N–H and O–H groups in total. The summed E-state index contributed by atoms with van der Waals surface area (Å²) in [4.78, 5) is 3.64. The van der Waals surface area contributed by atoms with Gasteiger partial charge < -0.3 is 4.57 Å². The molecule has 0 radical (unpaired) electrons. The first-order chi connectivity index (χ1) is 12.7. The van der Waals surface area contributed by atoms with Crippen LogP contribution in [0.4, 0.5) is 8.78 Å². The second-order valence-corrected chi connectivity index (χ2v) is 8.35. The van der Waals surface area contributed by atoms with Crippen LogP contribution in [0.15, 0.2) is 59.8 Å². The minimum atomic E-state index is -4.28. The topological polar surface area (TPSA) is 55.2 Å². The Bertz CT molecular complexity index is 1070. The summed E-state index contributed by atoms with van der Waals surface area (Å²) < 4.78 is 56.2. The summed E-state index contributed by atoms with van der Waals surface area (Å²) in [5, 5.41) is 0.493. The second kappa shape index (κ2) is 7.38. The molecule has 3 rings (SSSR count). The van der Waals surface area contributed by atoms with Crippen molar-refractivity contribution in [3.63, 3.8) is 0 Å². The van der Waals surface area contributed by atoms with E-state index < -0.39 is 32.6 Å². The lowest BCUT2D eigenvalue weighted by atomic mass is 10.1. The van der Waals surface area contributed by atoms with E-state index in [4.69, 9.17) is 11.6 Å². The van der Waals surface area contributed by atoms with E-state index in [1.165, 1.54) is 13.2 Å². The van der Waals surface area contributed by atoms with Crippen LogP contribution < -0.4 is 0 Å². The normalized spacial score (nSPS) is 13.1. The molecule has 0 amide bonds. The molecule has 9 heteroatoms. The SMILES string of the molecule is CN(C(c1ccc(Cl)cc1)c1nccn1C)S(=O)(=O)c1ccc(F)cc1F. The van der Waals surface area contributed by atoms with Crippen molar-refractivity contribution in [1.82, 2.24) is 13.9 Å². The summed E-state index contributed by atoms with van der Waals surface area (Å²) in [7, 11) is -1.23. The van der Waals surface area contributed by atoms with Gasteiger partial charge in [0.1, 0.15) is 28.4 Å². The number of nitrogens with zero attached hydrogens (tertiary/aromatic N) is 3. The highest BCUT2D eigenvalue weighted by Crippen LogP contribution is 2.32. The van der Waals surface area contributed by atoms with Gasteiger partial charge in [0.25, 0.3) is 0 Å². The Morgan fingerprint density at radius 1 is 1.15 bits per heavy atom. The van der Waals surface area contributed by atoms with Crippen molar-refractivity contribution in [2.75, 3.05) is 7.05 Å². The van der Waals surface area contributed by atoms with Gasteiger partial charge in [0.2, 0.25) is 10.0 Å². The number of hydrogen-bond donors (Lipinski definition) is 0. The molecule has 0 fully saturated rings. The number of hydrogen-bond acceptors (Lipinski definition) is 3. The van der Waals surface area contributed by atoms with Gasteiger partial charge in [0, 0.05) is 37.6 Å². The van der Waals surface area contributed by atoms with E-state index in [1.807, 2.05) is 0 Å². The van der Waals surface area contributed by atoms with Gasteiger partial charge in [0.15, 0.2) is 0 Å². The molecule has 27 heavy (non-hydrogen) atoms. The molecule has 2 aromatic carbocycles. The summed E-state index contributed by atoms with van der Waals surface area (Å²) in [6.45, 7) is 0. The molecule has 0 saturated heterocycles. The van der Waals surface area contributed by atoms with Gasteiger partial charge in [-0.05, 0) is 29.8 Å². The molecule has 0 aliphatic heterocycles. The van der Waals surface area contributed by atoms with E-state index in [2.05, 4.69) is 4.98 Å². The molecular formula is C18H16ClF2N3O2S. The first kappa shape index (κ1) is 19.5. The number of sulfonamides is 1. The Labute approximate surface area is 160 Å². The maximum absolute atomic E-state index is 14.2. The predicted octanol–water partition coefficient (Wildman–Crippen LogP) is 3.76. The van der Waals surface area contributed by atoms with Crippen molar-refractivity contribution in [3.8, 4) is 0 Å². The number of aryl methyl sites for hydroxylation is 1. The van der Waals surface area contributed by atoms with Crippen LogP contribution in [0.2, 0.25) is 5.02 Å². The van der Waals surface area contributed by atoms with Gasteiger partial charge in [-0.1, -0.05) is 23.7 Å². The summed E-state index contributed by atoms with van der Waals surface area (Å²) >= 11 is 5.94. The zero-order valence-corrected chi connectivity index (χ0v) is 16.0. The third-order valence-electron chi connectivity index (χ3n) is 4.20. The van der Waals surface area contributed by atoms with Crippen molar-refractivity contribution in [2.24, 2.45) is 7.05 Å². The van der Waals surface area contributed by atoms with Gasteiger partial charge >= 0.3 is 0 Å². The molecule has 1 aromatic heterocycles. The van der Waals surface area contributed by atoms with Crippen LogP contribution in [-0.2, 0) is 17.1 Å². The maximum Gasteiger partial charge on any atom is 0.246 e. The quantitative estimate of drug-likeness (QED) is 0.642. The fourth-order valence-electron chi connectivity index (χ4n) is 2.79. The van der Waals surface area contributed by atoms with E-state index in [1.54, 1.807) is 42.1 Å². The van der Waals surface area contributed by atoms with Crippen LogP contribution >= 0.6 is 11.6 Å². The molecule has 1 atom stereocenters. The van der Waals surface area contributed by atoms with Gasteiger partial charge in [-0.15, -0.1) is 0 Å². The van der Waals surface area contributed by atoms with Crippen molar-refractivity contribution in [2.45, 2.75) is 10.9 Å². The molecule has 0 spiro atoms. The van der Waals surface area contributed by atoms with E-state index in [0.717, 1.165) is 16.4 Å². The van der Waals surface area contributed by atoms with Gasteiger partial charge in [-0.2, -0.15) is 4.31 Å². The summed E-state index contributed by atoms with van der Waals surface area (Å²) in [5.41, 5.74) is 0.599. The lowest BCUT2D eigenvalue weighted by Gasteiger charge is -2.27. The molecule has 5 nitrogen and oxygen atoms in total. The third kappa shape index (κ3) is 3.73. The lowest BCUT2D eigenvalue weighted by molar-refractivity contribution is 0.395. The molecule has 0 aliphatic carbocycles. The number of imidazole rings is 1. The third-order valence-corrected chi connectivity index (χ3v) is 6.31. The highest BCUT2D eigenvalue weighted by Gasteiger charge is 2.34. The largest absolute Gasteiger partial charge is 0.336 e. The average Bonchev–Trinajstić information content (AvgIpc) is 3.02. The summed E-state index contributed by atoms with van der Waals surface area (Å²) in [5.74, 6) is -1.57. The van der Waals surface area contributed by atoms with Crippen LogP contribution in [0.25, 0.3) is 0 Å². The minimum Gasteiger partial charge on any atom is -0.336 e. The zero-order valence-electron chi connectivity index (χ0n) is 14.5. The van der Waals surface area contributed by atoms with Crippen molar-refractivity contribution in [1.29, 1.82) is 0 Å². The van der Waals surface area contributed by atoms with E-state index >= 15 is 0 Å². The van der Waals surface area contributed by atoms with Crippen LogP contribution in [0.1, 0.15) is 17.4 Å². The minimum absolute atomic E-state index is 0.436. The Balaban J connectivity index is 2.14. The van der Waals surface area contributed by atoms with Gasteiger partial charge in [-0.3, -0.25) is 0 Å². The molecule has 0 saturated carbocycles. The first-order valence-electron chi connectivity index (χ1n) is 7.87. The van der Waals surface area contributed by atoms with Gasteiger partial charge in [-0.25, -0.2) is 22.2 Å². The van der Waals surface area contributed by atoms with Crippen LogP contribution in [0, 0.1) is 11.6 Å². The second-order valence-electron chi connectivity index (χ2n) is 5.95. The lowest BCUT2D eigenvalue weighted by Crippen LogP contribution is -2.34. The van der Waals surface area contributed by atoms with E-state index in [9.17, 15) is 17.2 Å². The van der Waals surface area contributed by atoms with Gasteiger partial charge in [0.05, 0.1) is 0 Å². The molecule has 3 aromatic rings. The molecule has 0 bridgehead atoms. The molecule has 1 heterocycles. The first-order valence-corrected chi connectivity index (χ1v) is 9.69. The Morgan fingerprint density at radius 3 is 2.37 bits per heavy atom. The fourth-order valence-corrected chi connectivity index (χ4v) is 4.26. The summed E-state index contributed by atoms with van der Waals surface area (Å²) in [6.07, 6.45) is 3.22. The van der Waals surface area contributed by atoms with E-state index in [0.29, 0.717) is 22.5 Å². The summed E-state index contributed by atoms with van der Waals surface area (Å²) in [6, 6.07) is 8.13. The Hall–Kier alpha value is -2.29. The van der Waals surface area contributed by atoms with Crippen LogP contribution in [0.5, 0.6) is 0 Å². The molecule has 142 valence electrons. The number of benzene rings is 2. The average molecular weight is 412 g/mol. The highest BCUT2D eigenvalue weighted by molar-refractivity contribution is 7.89. The number of halogens is 3. The highest BCUT2D eigenvalue weighted by atomic mass is 35.5. The molecule has 1 unspecified atom stereocenters. The van der Waals surface area contributed by atoms with Crippen molar-refractivity contribution < 1.29 is 17.2 Å². The molecule has 0 aliphatic rings. The zero-order chi connectivity index (χ0) is 19.8.